The Hall–Kier alpha value is -2.62. The summed E-state index contributed by atoms with van der Waals surface area (Å²) in [4.78, 5) is 25.4. The van der Waals surface area contributed by atoms with Crippen LogP contribution in [0.1, 0.15) is 49.8 Å². The van der Waals surface area contributed by atoms with Gasteiger partial charge < -0.3 is 10.1 Å². The summed E-state index contributed by atoms with van der Waals surface area (Å²) >= 11 is 0. The lowest BCUT2D eigenvalue weighted by Crippen LogP contribution is -2.33. The van der Waals surface area contributed by atoms with Crippen molar-refractivity contribution >= 4 is 17.6 Å². The number of hydrogen-bond donors (Lipinski definition) is 1. The zero-order valence-corrected chi connectivity index (χ0v) is 16.8. The number of carbonyl (C=O) groups excluding carboxylic acids is 2. The van der Waals surface area contributed by atoms with Gasteiger partial charge in [0.2, 0.25) is 0 Å². The monoisotopic (exact) mass is 367 g/mol. The molecule has 4 nitrogen and oxygen atoms in total. The van der Waals surface area contributed by atoms with Gasteiger partial charge in [-0.3, -0.25) is 9.59 Å². The van der Waals surface area contributed by atoms with E-state index < -0.39 is 6.10 Å². The largest absolute Gasteiger partial charge is 0.452 e. The molecule has 0 saturated carbocycles. The van der Waals surface area contributed by atoms with Gasteiger partial charge in [-0.25, -0.2) is 0 Å². The minimum absolute atomic E-state index is 0.119. The minimum atomic E-state index is -0.869. The Morgan fingerprint density at radius 3 is 2.11 bits per heavy atom. The molecule has 0 bridgehead atoms. The Balaban J connectivity index is 2.11. The van der Waals surface area contributed by atoms with Crippen molar-refractivity contribution in [2.24, 2.45) is 5.92 Å². The second kappa shape index (κ2) is 9.36. The Morgan fingerprint density at radius 2 is 1.56 bits per heavy atom. The molecule has 3 atom stereocenters. The molecule has 0 aliphatic heterocycles. The lowest BCUT2D eigenvalue weighted by molar-refractivity contribution is -0.155. The van der Waals surface area contributed by atoms with Crippen LogP contribution in [0.4, 0.5) is 5.69 Å². The van der Waals surface area contributed by atoms with Crippen molar-refractivity contribution in [3.63, 3.8) is 0 Å². The highest BCUT2D eigenvalue weighted by Crippen LogP contribution is 2.29. The fraction of sp³-hybridized carbons (Fsp3) is 0.391. The van der Waals surface area contributed by atoms with E-state index in [-0.39, 0.29) is 23.7 Å². The van der Waals surface area contributed by atoms with Crippen molar-refractivity contribution in [1.29, 1.82) is 0 Å². The van der Waals surface area contributed by atoms with Gasteiger partial charge in [-0.05, 0) is 43.4 Å². The average Bonchev–Trinajstić information content (AvgIpc) is 2.65. The smallest absolute Gasteiger partial charge is 0.314 e. The SMILES string of the molecule is CCC(C)C(C(=O)OC(C)C(=O)Nc1c(C)cccc1C)c1ccccc1. The zero-order valence-electron chi connectivity index (χ0n) is 16.8. The van der Waals surface area contributed by atoms with Gasteiger partial charge in [-0.15, -0.1) is 0 Å². The molecule has 0 radical (unpaired) electrons. The summed E-state index contributed by atoms with van der Waals surface area (Å²) in [6, 6.07) is 15.4. The maximum absolute atomic E-state index is 12.8. The van der Waals surface area contributed by atoms with Crippen LogP contribution in [0.15, 0.2) is 48.5 Å². The van der Waals surface area contributed by atoms with Crippen LogP contribution in [0.3, 0.4) is 0 Å². The summed E-state index contributed by atoms with van der Waals surface area (Å²) in [5.74, 6) is -0.947. The van der Waals surface area contributed by atoms with Gasteiger partial charge in [-0.1, -0.05) is 68.8 Å². The van der Waals surface area contributed by atoms with Crippen molar-refractivity contribution in [2.75, 3.05) is 5.32 Å². The number of nitrogens with one attached hydrogen (secondary N) is 1. The highest BCUT2D eigenvalue weighted by Gasteiger charge is 2.30. The molecule has 2 rings (SSSR count). The lowest BCUT2D eigenvalue weighted by Gasteiger charge is -2.24. The topological polar surface area (TPSA) is 55.4 Å². The van der Waals surface area contributed by atoms with Crippen molar-refractivity contribution in [2.45, 2.75) is 53.1 Å². The van der Waals surface area contributed by atoms with Gasteiger partial charge in [0.15, 0.2) is 6.10 Å². The molecule has 0 heterocycles. The maximum Gasteiger partial charge on any atom is 0.314 e. The van der Waals surface area contributed by atoms with E-state index in [1.54, 1.807) is 6.92 Å². The third kappa shape index (κ3) is 5.19. The summed E-state index contributed by atoms with van der Waals surface area (Å²) in [5, 5.41) is 2.89. The summed E-state index contributed by atoms with van der Waals surface area (Å²) in [6.45, 7) is 9.56. The van der Waals surface area contributed by atoms with Gasteiger partial charge in [0, 0.05) is 5.69 Å². The van der Waals surface area contributed by atoms with E-state index in [1.807, 2.05) is 76.2 Å². The highest BCUT2D eigenvalue weighted by molar-refractivity contribution is 5.96. The number of anilines is 1. The molecule has 1 N–H and O–H groups in total. The van der Waals surface area contributed by atoms with Gasteiger partial charge in [0.05, 0.1) is 5.92 Å². The summed E-state index contributed by atoms with van der Waals surface area (Å²) in [5.41, 5.74) is 3.64. The first-order chi connectivity index (χ1) is 12.8. The van der Waals surface area contributed by atoms with Gasteiger partial charge in [-0.2, -0.15) is 0 Å². The first kappa shape index (κ1) is 20.7. The molecule has 27 heavy (non-hydrogen) atoms. The second-order valence-corrected chi connectivity index (χ2v) is 7.11. The number of para-hydroxylation sites is 1. The quantitative estimate of drug-likeness (QED) is 0.700. The molecular formula is C23H29NO3. The van der Waals surface area contributed by atoms with Crippen LogP contribution in [0.25, 0.3) is 0 Å². The number of rotatable bonds is 7. The Morgan fingerprint density at radius 1 is 0.963 bits per heavy atom. The summed E-state index contributed by atoms with van der Waals surface area (Å²) in [7, 11) is 0. The predicted molar refractivity (Wildman–Crippen MR) is 109 cm³/mol. The number of benzene rings is 2. The second-order valence-electron chi connectivity index (χ2n) is 7.11. The van der Waals surface area contributed by atoms with Gasteiger partial charge >= 0.3 is 5.97 Å². The van der Waals surface area contributed by atoms with E-state index in [1.165, 1.54) is 0 Å². The van der Waals surface area contributed by atoms with Crippen molar-refractivity contribution in [1.82, 2.24) is 0 Å². The first-order valence-corrected chi connectivity index (χ1v) is 9.47. The maximum atomic E-state index is 12.8. The molecule has 2 aromatic carbocycles. The molecule has 0 spiro atoms. The third-order valence-electron chi connectivity index (χ3n) is 5.02. The van der Waals surface area contributed by atoms with Crippen LogP contribution < -0.4 is 5.32 Å². The molecule has 0 aromatic heterocycles. The number of hydrogen-bond acceptors (Lipinski definition) is 3. The molecule has 0 aliphatic rings. The van der Waals surface area contributed by atoms with Crippen LogP contribution in [0.2, 0.25) is 0 Å². The standard InChI is InChI=1S/C23H29NO3/c1-6-15(2)20(19-13-8-7-9-14-19)23(26)27-18(5)22(25)24-21-16(3)11-10-12-17(21)4/h7-15,18,20H,6H2,1-5H3,(H,24,25). The van der Waals surface area contributed by atoms with E-state index in [0.29, 0.717) is 0 Å². The molecule has 0 saturated heterocycles. The molecule has 0 fully saturated rings. The molecule has 4 heteroatoms. The fourth-order valence-corrected chi connectivity index (χ4v) is 3.13. The molecule has 1 amide bonds. The zero-order chi connectivity index (χ0) is 20.0. The number of ether oxygens (including phenoxy) is 1. The number of carbonyl (C=O) groups is 2. The summed E-state index contributed by atoms with van der Waals surface area (Å²) < 4.78 is 5.55. The average molecular weight is 367 g/mol. The third-order valence-corrected chi connectivity index (χ3v) is 5.02. The van der Waals surface area contributed by atoms with E-state index in [2.05, 4.69) is 5.32 Å². The first-order valence-electron chi connectivity index (χ1n) is 9.47. The van der Waals surface area contributed by atoms with Crippen LogP contribution >= 0.6 is 0 Å². The highest BCUT2D eigenvalue weighted by atomic mass is 16.5. The molecule has 0 aliphatic carbocycles. The fourth-order valence-electron chi connectivity index (χ4n) is 3.13. The Labute approximate surface area is 161 Å². The van der Waals surface area contributed by atoms with Crippen LogP contribution in [0, 0.1) is 19.8 Å². The van der Waals surface area contributed by atoms with Gasteiger partial charge in [0.25, 0.3) is 5.91 Å². The van der Waals surface area contributed by atoms with E-state index in [0.717, 1.165) is 28.8 Å². The van der Waals surface area contributed by atoms with E-state index in [9.17, 15) is 9.59 Å². The van der Waals surface area contributed by atoms with Crippen molar-refractivity contribution in [3.8, 4) is 0 Å². The van der Waals surface area contributed by atoms with Crippen LogP contribution in [-0.4, -0.2) is 18.0 Å². The van der Waals surface area contributed by atoms with E-state index in [4.69, 9.17) is 4.74 Å². The molecule has 144 valence electrons. The van der Waals surface area contributed by atoms with Gasteiger partial charge in [0.1, 0.15) is 0 Å². The minimum Gasteiger partial charge on any atom is -0.452 e. The molecule has 3 unspecified atom stereocenters. The molecule has 2 aromatic rings. The van der Waals surface area contributed by atoms with Crippen LogP contribution in [-0.2, 0) is 14.3 Å². The number of esters is 1. The Bertz CT molecular complexity index is 765. The number of amides is 1. The van der Waals surface area contributed by atoms with Crippen molar-refractivity contribution < 1.29 is 14.3 Å². The summed E-state index contributed by atoms with van der Waals surface area (Å²) in [6.07, 6.45) is -0.0238. The van der Waals surface area contributed by atoms with Crippen LogP contribution in [0.5, 0.6) is 0 Å². The normalized spacial score (nSPS) is 14.1. The Kier molecular flexibility index (Phi) is 7.17. The van der Waals surface area contributed by atoms with E-state index >= 15 is 0 Å². The molecular weight excluding hydrogens is 338 g/mol. The predicted octanol–water partition coefficient (Wildman–Crippen LogP) is 5.00. The lowest BCUT2D eigenvalue weighted by atomic mass is 9.85. The number of aryl methyl sites for hydroxylation is 2. The van der Waals surface area contributed by atoms with Crippen molar-refractivity contribution in [3.05, 3.63) is 65.2 Å².